The average Bonchev–Trinajstić information content (AvgIpc) is 2.07. The maximum Gasteiger partial charge on any atom is 0.166 e. The summed E-state index contributed by atoms with van der Waals surface area (Å²) in [5, 5.41) is 9.64. The number of aliphatic hydroxyl groups is 1. The van der Waals surface area contributed by atoms with Gasteiger partial charge in [-0.25, -0.2) is 0 Å². The molecular formula is C12H22O2. The Hall–Kier alpha value is -0.370. The zero-order chi connectivity index (χ0) is 10.9. The molecule has 0 heterocycles. The highest BCUT2D eigenvalue weighted by atomic mass is 16.3. The van der Waals surface area contributed by atoms with E-state index in [0.29, 0.717) is 5.92 Å². The van der Waals surface area contributed by atoms with Crippen LogP contribution in [-0.4, -0.2) is 16.5 Å². The average molecular weight is 198 g/mol. The number of rotatable bonds is 2. The smallest absolute Gasteiger partial charge is 0.166 e. The van der Waals surface area contributed by atoms with Crippen LogP contribution in [0.1, 0.15) is 47.0 Å². The van der Waals surface area contributed by atoms with Gasteiger partial charge in [-0.2, -0.15) is 0 Å². The van der Waals surface area contributed by atoms with Gasteiger partial charge in [-0.05, 0) is 44.9 Å². The molecule has 1 fully saturated rings. The lowest BCUT2D eigenvalue weighted by Crippen LogP contribution is -2.39. The van der Waals surface area contributed by atoms with Crippen molar-refractivity contribution in [3.8, 4) is 0 Å². The summed E-state index contributed by atoms with van der Waals surface area (Å²) in [6.07, 6.45) is 3.02. The van der Waals surface area contributed by atoms with Gasteiger partial charge >= 0.3 is 0 Å². The summed E-state index contributed by atoms with van der Waals surface area (Å²) in [4.78, 5) is 11.8. The van der Waals surface area contributed by atoms with Gasteiger partial charge in [0.2, 0.25) is 0 Å². The van der Waals surface area contributed by atoms with Gasteiger partial charge < -0.3 is 5.11 Å². The fraction of sp³-hybridized carbons (Fsp3) is 0.917. The molecule has 1 saturated carbocycles. The first-order chi connectivity index (χ1) is 6.32. The topological polar surface area (TPSA) is 37.3 Å². The molecule has 0 aromatic rings. The standard InChI is InChI=1S/C12H22O2/c1-8-5-6-10(7-9(8)2)11(13)12(3,4)14/h8-10,14H,5-7H2,1-4H3. The molecule has 0 aromatic carbocycles. The van der Waals surface area contributed by atoms with E-state index in [1.807, 2.05) is 0 Å². The number of carbonyl (C=O) groups excluding carboxylic acids is 1. The van der Waals surface area contributed by atoms with Crippen molar-refractivity contribution in [2.45, 2.75) is 52.6 Å². The van der Waals surface area contributed by atoms with Gasteiger partial charge in [0, 0.05) is 5.92 Å². The molecule has 0 bridgehead atoms. The monoisotopic (exact) mass is 198 g/mol. The van der Waals surface area contributed by atoms with Crippen LogP contribution >= 0.6 is 0 Å². The van der Waals surface area contributed by atoms with Crippen molar-refractivity contribution < 1.29 is 9.90 Å². The predicted octanol–water partition coefficient (Wildman–Crippen LogP) is 2.40. The molecule has 0 amide bonds. The van der Waals surface area contributed by atoms with Gasteiger partial charge in [-0.15, -0.1) is 0 Å². The van der Waals surface area contributed by atoms with E-state index in [1.54, 1.807) is 13.8 Å². The largest absolute Gasteiger partial charge is 0.383 e. The first-order valence-corrected chi connectivity index (χ1v) is 5.59. The molecule has 0 aromatic heterocycles. The van der Waals surface area contributed by atoms with Crippen molar-refractivity contribution in [2.24, 2.45) is 17.8 Å². The molecule has 82 valence electrons. The summed E-state index contributed by atoms with van der Waals surface area (Å²) < 4.78 is 0. The molecule has 0 spiro atoms. The molecule has 1 aliphatic carbocycles. The first-order valence-electron chi connectivity index (χ1n) is 5.59. The van der Waals surface area contributed by atoms with Crippen molar-refractivity contribution in [1.29, 1.82) is 0 Å². The van der Waals surface area contributed by atoms with Crippen molar-refractivity contribution >= 4 is 5.78 Å². The summed E-state index contributed by atoms with van der Waals surface area (Å²) in [7, 11) is 0. The van der Waals surface area contributed by atoms with Gasteiger partial charge in [0.05, 0.1) is 0 Å². The van der Waals surface area contributed by atoms with Crippen LogP contribution in [0.5, 0.6) is 0 Å². The van der Waals surface area contributed by atoms with Gasteiger partial charge in [0.15, 0.2) is 5.78 Å². The molecular weight excluding hydrogens is 176 g/mol. The Balaban J connectivity index is 2.59. The Morgan fingerprint density at radius 2 is 1.79 bits per heavy atom. The minimum absolute atomic E-state index is 0.0243. The Labute approximate surface area is 86.7 Å². The summed E-state index contributed by atoms with van der Waals surface area (Å²) in [6, 6.07) is 0. The second-order valence-electron chi connectivity index (χ2n) is 5.39. The summed E-state index contributed by atoms with van der Waals surface area (Å²) in [5.41, 5.74) is -1.15. The molecule has 0 aliphatic heterocycles. The summed E-state index contributed by atoms with van der Waals surface area (Å²) in [6.45, 7) is 7.64. The molecule has 0 radical (unpaired) electrons. The van der Waals surface area contributed by atoms with Crippen LogP contribution in [0, 0.1) is 17.8 Å². The van der Waals surface area contributed by atoms with Gasteiger partial charge in [-0.1, -0.05) is 13.8 Å². The summed E-state index contributed by atoms with van der Waals surface area (Å²) >= 11 is 0. The van der Waals surface area contributed by atoms with Crippen LogP contribution in [0.3, 0.4) is 0 Å². The molecule has 2 nitrogen and oxygen atoms in total. The van der Waals surface area contributed by atoms with Crippen LogP contribution in [0.25, 0.3) is 0 Å². The first kappa shape index (κ1) is 11.7. The number of hydrogen-bond acceptors (Lipinski definition) is 2. The zero-order valence-corrected chi connectivity index (χ0v) is 9.71. The Morgan fingerprint density at radius 3 is 2.21 bits per heavy atom. The van der Waals surface area contributed by atoms with Crippen LogP contribution < -0.4 is 0 Å². The number of ketones is 1. The van der Waals surface area contributed by atoms with E-state index < -0.39 is 5.60 Å². The number of hydrogen-bond donors (Lipinski definition) is 1. The highest BCUT2D eigenvalue weighted by molar-refractivity contribution is 5.88. The molecule has 1 rings (SSSR count). The molecule has 3 unspecified atom stereocenters. The van der Waals surface area contributed by atoms with E-state index in [2.05, 4.69) is 13.8 Å². The lowest BCUT2D eigenvalue weighted by molar-refractivity contribution is -0.140. The van der Waals surface area contributed by atoms with E-state index in [0.717, 1.165) is 25.2 Å². The lowest BCUT2D eigenvalue weighted by atomic mass is 9.72. The van der Waals surface area contributed by atoms with Crippen molar-refractivity contribution in [1.82, 2.24) is 0 Å². The fourth-order valence-electron chi connectivity index (χ4n) is 2.29. The van der Waals surface area contributed by atoms with Crippen LogP contribution in [0.2, 0.25) is 0 Å². The van der Waals surface area contributed by atoms with Gasteiger partial charge in [-0.3, -0.25) is 4.79 Å². The van der Waals surface area contributed by atoms with E-state index in [1.165, 1.54) is 0 Å². The quantitative estimate of drug-likeness (QED) is 0.739. The van der Waals surface area contributed by atoms with Gasteiger partial charge in [0.1, 0.15) is 5.60 Å². The Kier molecular flexibility index (Phi) is 3.36. The van der Waals surface area contributed by atoms with E-state index in [9.17, 15) is 9.90 Å². The van der Waals surface area contributed by atoms with E-state index >= 15 is 0 Å². The minimum atomic E-state index is -1.15. The number of carbonyl (C=O) groups is 1. The minimum Gasteiger partial charge on any atom is -0.383 e. The number of Topliss-reactive ketones (excluding diaryl/α,β-unsaturated/α-hetero) is 1. The molecule has 1 aliphatic rings. The maximum absolute atomic E-state index is 11.8. The normalized spacial score (nSPS) is 34.2. The molecule has 0 saturated heterocycles. The highest BCUT2D eigenvalue weighted by Gasteiger charge is 2.35. The molecule has 1 N–H and O–H groups in total. The molecule has 2 heteroatoms. The highest BCUT2D eigenvalue weighted by Crippen LogP contribution is 2.35. The van der Waals surface area contributed by atoms with E-state index in [4.69, 9.17) is 0 Å². The Morgan fingerprint density at radius 1 is 1.21 bits per heavy atom. The maximum atomic E-state index is 11.8. The van der Waals surface area contributed by atoms with Crippen LogP contribution in [0.15, 0.2) is 0 Å². The second-order valence-corrected chi connectivity index (χ2v) is 5.39. The zero-order valence-electron chi connectivity index (χ0n) is 9.71. The molecule has 14 heavy (non-hydrogen) atoms. The second kappa shape index (κ2) is 4.01. The van der Waals surface area contributed by atoms with Crippen molar-refractivity contribution in [3.63, 3.8) is 0 Å². The van der Waals surface area contributed by atoms with Crippen LogP contribution in [-0.2, 0) is 4.79 Å². The third-order valence-electron chi connectivity index (χ3n) is 3.57. The van der Waals surface area contributed by atoms with Crippen molar-refractivity contribution in [3.05, 3.63) is 0 Å². The fourth-order valence-corrected chi connectivity index (χ4v) is 2.29. The van der Waals surface area contributed by atoms with E-state index in [-0.39, 0.29) is 11.7 Å². The molecule has 3 atom stereocenters. The third-order valence-corrected chi connectivity index (χ3v) is 3.57. The Bertz CT molecular complexity index is 215. The predicted molar refractivity (Wildman–Crippen MR) is 57.0 cm³/mol. The SMILES string of the molecule is CC1CCC(C(=O)C(C)(C)O)CC1C. The third kappa shape index (κ3) is 2.57. The van der Waals surface area contributed by atoms with Crippen molar-refractivity contribution in [2.75, 3.05) is 0 Å². The van der Waals surface area contributed by atoms with Crippen LogP contribution in [0.4, 0.5) is 0 Å². The van der Waals surface area contributed by atoms with Gasteiger partial charge in [0.25, 0.3) is 0 Å². The lowest BCUT2D eigenvalue weighted by Gasteiger charge is -2.33. The summed E-state index contributed by atoms with van der Waals surface area (Å²) in [5.74, 6) is 1.44.